The molecule has 0 saturated carbocycles. The van der Waals surface area contributed by atoms with Gasteiger partial charge in [0.15, 0.2) is 5.96 Å². The standard InChI is InChI=1S/C20H25N5O.HI/c1-15-10-18(16(2)26-15)12-22-20(21-3)24(4)13-17-11-23-25(14-17)19-8-6-5-7-9-19;/h5-11,14H,12-13H2,1-4H3,(H,21,22);1H. The van der Waals surface area contributed by atoms with Gasteiger partial charge in [0.05, 0.1) is 11.9 Å². The lowest BCUT2D eigenvalue weighted by Gasteiger charge is -2.21. The smallest absolute Gasteiger partial charge is 0.193 e. The van der Waals surface area contributed by atoms with Gasteiger partial charge in [-0.3, -0.25) is 4.99 Å². The number of furan rings is 1. The van der Waals surface area contributed by atoms with Crippen molar-refractivity contribution in [2.24, 2.45) is 4.99 Å². The van der Waals surface area contributed by atoms with Gasteiger partial charge in [-0.05, 0) is 32.0 Å². The van der Waals surface area contributed by atoms with E-state index in [0.717, 1.165) is 40.8 Å². The van der Waals surface area contributed by atoms with Gasteiger partial charge in [0.25, 0.3) is 0 Å². The zero-order valence-electron chi connectivity index (χ0n) is 16.1. The van der Waals surface area contributed by atoms with Gasteiger partial charge in [-0.1, -0.05) is 18.2 Å². The first-order chi connectivity index (χ1) is 12.6. The number of nitrogens with zero attached hydrogens (tertiary/aromatic N) is 4. The predicted octanol–water partition coefficient (Wildman–Crippen LogP) is 3.91. The molecule has 27 heavy (non-hydrogen) atoms. The first kappa shape index (κ1) is 21.0. The number of rotatable bonds is 5. The highest BCUT2D eigenvalue weighted by Crippen LogP contribution is 2.13. The van der Waals surface area contributed by atoms with Crippen molar-refractivity contribution in [3.8, 4) is 5.69 Å². The van der Waals surface area contributed by atoms with Gasteiger partial charge in [-0.25, -0.2) is 4.68 Å². The number of nitrogens with one attached hydrogen (secondary N) is 1. The fraction of sp³-hybridized carbons (Fsp3) is 0.300. The van der Waals surface area contributed by atoms with E-state index in [0.29, 0.717) is 6.54 Å². The molecule has 0 amide bonds. The first-order valence-corrected chi connectivity index (χ1v) is 8.63. The van der Waals surface area contributed by atoms with E-state index in [2.05, 4.69) is 26.4 Å². The van der Waals surface area contributed by atoms with Crippen LogP contribution in [0.4, 0.5) is 0 Å². The van der Waals surface area contributed by atoms with E-state index in [9.17, 15) is 0 Å². The molecule has 3 rings (SSSR count). The molecular formula is C20H26IN5O. The van der Waals surface area contributed by atoms with E-state index in [1.165, 1.54) is 0 Å². The zero-order chi connectivity index (χ0) is 18.5. The molecule has 0 spiro atoms. The predicted molar refractivity (Wildman–Crippen MR) is 119 cm³/mol. The molecule has 0 fully saturated rings. The quantitative estimate of drug-likeness (QED) is 0.343. The molecule has 1 aromatic carbocycles. The van der Waals surface area contributed by atoms with Crippen LogP contribution in [0.15, 0.2) is 58.2 Å². The second kappa shape index (κ2) is 9.59. The summed E-state index contributed by atoms with van der Waals surface area (Å²) in [6, 6.07) is 12.1. The van der Waals surface area contributed by atoms with Gasteiger partial charge in [0.1, 0.15) is 11.5 Å². The second-order valence-electron chi connectivity index (χ2n) is 6.32. The van der Waals surface area contributed by atoms with E-state index >= 15 is 0 Å². The molecule has 144 valence electrons. The highest BCUT2D eigenvalue weighted by Gasteiger charge is 2.10. The lowest BCUT2D eigenvalue weighted by molar-refractivity contribution is 0.474. The van der Waals surface area contributed by atoms with E-state index in [1.54, 1.807) is 7.05 Å². The molecule has 0 atom stereocenters. The van der Waals surface area contributed by atoms with Crippen LogP contribution >= 0.6 is 24.0 Å². The molecular weight excluding hydrogens is 453 g/mol. The monoisotopic (exact) mass is 479 g/mol. The van der Waals surface area contributed by atoms with Crippen molar-refractivity contribution in [1.82, 2.24) is 20.0 Å². The zero-order valence-corrected chi connectivity index (χ0v) is 18.5. The summed E-state index contributed by atoms with van der Waals surface area (Å²) in [5, 5.41) is 7.84. The molecule has 3 aromatic rings. The maximum absolute atomic E-state index is 5.58. The molecule has 7 heteroatoms. The lowest BCUT2D eigenvalue weighted by atomic mass is 10.2. The number of para-hydroxylation sites is 1. The number of aryl methyl sites for hydroxylation is 2. The van der Waals surface area contributed by atoms with Gasteiger partial charge in [0, 0.05) is 44.5 Å². The molecule has 0 bridgehead atoms. The maximum Gasteiger partial charge on any atom is 0.193 e. The minimum absolute atomic E-state index is 0. The van der Waals surface area contributed by atoms with E-state index < -0.39 is 0 Å². The van der Waals surface area contributed by atoms with Crippen molar-refractivity contribution < 1.29 is 4.42 Å². The molecule has 0 aliphatic carbocycles. The van der Waals surface area contributed by atoms with Gasteiger partial charge >= 0.3 is 0 Å². The SMILES string of the molecule is CN=C(NCc1cc(C)oc1C)N(C)Cc1cnn(-c2ccccc2)c1.I. The van der Waals surface area contributed by atoms with Crippen LogP contribution in [0.2, 0.25) is 0 Å². The molecule has 1 N–H and O–H groups in total. The minimum Gasteiger partial charge on any atom is -0.466 e. The number of aliphatic imine (C=N–C) groups is 1. The highest BCUT2D eigenvalue weighted by molar-refractivity contribution is 14.0. The van der Waals surface area contributed by atoms with E-state index in [-0.39, 0.29) is 24.0 Å². The normalized spacial score (nSPS) is 11.2. The fourth-order valence-corrected chi connectivity index (χ4v) is 2.93. The molecule has 0 unspecified atom stereocenters. The minimum atomic E-state index is 0. The highest BCUT2D eigenvalue weighted by atomic mass is 127. The summed E-state index contributed by atoms with van der Waals surface area (Å²) in [5.74, 6) is 2.70. The lowest BCUT2D eigenvalue weighted by Crippen LogP contribution is -2.38. The maximum atomic E-state index is 5.58. The summed E-state index contributed by atoms with van der Waals surface area (Å²) >= 11 is 0. The number of benzene rings is 1. The summed E-state index contributed by atoms with van der Waals surface area (Å²) in [4.78, 5) is 6.45. The third-order valence-electron chi connectivity index (χ3n) is 4.23. The summed E-state index contributed by atoms with van der Waals surface area (Å²) in [5.41, 5.74) is 3.32. The number of hydrogen-bond donors (Lipinski definition) is 1. The Labute approximate surface area is 177 Å². The Morgan fingerprint density at radius 3 is 2.63 bits per heavy atom. The Morgan fingerprint density at radius 2 is 2.00 bits per heavy atom. The molecule has 0 radical (unpaired) electrons. The van der Waals surface area contributed by atoms with E-state index in [1.807, 2.05) is 68.3 Å². The molecule has 2 heterocycles. The van der Waals surface area contributed by atoms with Gasteiger partial charge < -0.3 is 14.6 Å². The van der Waals surface area contributed by atoms with Crippen LogP contribution in [0.25, 0.3) is 5.69 Å². The Kier molecular flexibility index (Phi) is 7.46. The van der Waals surface area contributed by atoms with E-state index in [4.69, 9.17) is 4.42 Å². The van der Waals surface area contributed by atoms with Crippen molar-refractivity contribution in [1.29, 1.82) is 0 Å². The summed E-state index contributed by atoms with van der Waals surface area (Å²) in [6.07, 6.45) is 3.93. The molecule has 0 aliphatic heterocycles. The van der Waals surface area contributed by atoms with Crippen LogP contribution in [-0.2, 0) is 13.1 Å². The number of guanidine groups is 1. The van der Waals surface area contributed by atoms with Crippen molar-refractivity contribution in [2.45, 2.75) is 26.9 Å². The molecule has 2 aromatic heterocycles. The average Bonchev–Trinajstić information content (AvgIpc) is 3.22. The number of halogens is 1. The fourth-order valence-electron chi connectivity index (χ4n) is 2.93. The molecule has 6 nitrogen and oxygen atoms in total. The topological polar surface area (TPSA) is 58.6 Å². The van der Waals surface area contributed by atoms with Crippen LogP contribution in [0, 0.1) is 13.8 Å². The van der Waals surface area contributed by atoms with Crippen LogP contribution in [0.3, 0.4) is 0 Å². The van der Waals surface area contributed by atoms with Crippen molar-refractivity contribution in [3.63, 3.8) is 0 Å². The van der Waals surface area contributed by atoms with Gasteiger partial charge in [0.2, 0.25) is 0 Å². The molecule has 0 saturated heterocycles. The van der Waals surface area contributed by atoms with Crippen molar-refractivity contribution >= 4 is 29.9 Å². The Morgan fingerprint density at radius 1 is 1.26 bits per heavy atom. The van der Waals surface area contributed by atoms with Crippen LogP contribution in [-0.4, -0.2) is 34.7 Å². The summed E-state index contributed by atoms with van der Waals surface area (Å²) in [6.45, 7) is 5.34. The summed E-state index contributed by atoms with van der Waals surface area (Å²) < 4.78 is 7.46. The first-order valence-electron chi connectivity index (χ1n) is 8.63. The average molecular weight is 479 g/mol. The van der Waals surface area contributed by atoms with Crippen LogP contribution in [0.5, 0.6) is 0 Å². The van der Waals surface area contributed by atoms with Gasteiger partial charge in [-0.2, -0.15) is 5.10 Å². The van der Waals surface area contributed by atoms with Crippen molar-refractivity contribution in [2.75, 3.05) is 14.1 Å². The number of hydrogen-bond acceptors (Lipinski definition) is 3. The Balaban J connectivity index is 0.00000261. The largest absolute Gasteiger partial charge is 0.466 e. The van der Waals surface area contributed by atoms with Crippen molar-refractivity contribution in [3.05, 3.63) is 71.4 Å². The third-order valence-corrected chi connectivity index (χ3v) is 4.23. The van der Waals surface area contributed by atoms with Crippen LogP contribution < -0.4 is 5.32 Å². The van der Waals surface area contributed by atoms with Crippen LogP contribution in [0.1, 0.15) is 22.6 Å². The number of aromatic nitrogens is 2. The van der Waals surface area contributed by atoms with Gasteiger partial charge in [-0.15, -0.1) is 24.0 Å². The third kappa shape index (κ3) is 5.35. The second-order valence-corrected chi connectivity index (χ2v) is 6.32. The Hall–Kier alpha value is -2.29. The summed E-state index contributed by atoms with van der Waals surface area (Å²) in [7, 11) is 3.81. The molecule has 0 aliphatic rings. The Bertz CT molecular complexity index is 885.